The first-order chi connectivity index (χ1) is 14.4. The van der Waals surface area contributed by atoms with Gasteiger partial charge in [-0.05, 0) is 36.1 Å². The van der Waals surface area contributed by atoms with Crippen molar-refractivity contribution in [3.8, 4) is 6.07 Å². The zero-order valence-corrected chi connectivity index (χ0v) is 19.0. The monoisotopic (exact) mass is 477 g/mol. The lowest BCUT2D eigenvalue weighted by atomic mass is 9.87. The molecule has 1 aliphatic heterocycles. The molecular weight excluding hydrogens is 461 g/mol. The number of rotatable bonds is 6. The molecule has 1 atom stereocenters. The van der Waals surface area contributed by atoms with E-state index in [1.165, 1.54) is 0 Å². The minimum absolute atomic E-state index is 0.00175. The van der Waals surface area contributed by atoms with E-state index in [-0.39, 0.29) is 34.9 Å². The van der Waals surface area contributed by atoms with Crippen LogP contribution in [0.15, 0.2) is 58.0 Å². The molecule has 0 fully saturated rings. The molecule has 5 nitrogen and oxygen atoms in total. The number of allylic oxidation sites excluding steroid dienone is 1. The van der Waals surface area contributed by atoms with Crippen molar-refractivity contribution in [2.75, 3.05) is 17.3 Å². The Balaban J connectivity index is 1.76. The van der Waals surface area contributed by atoms with Crippen LogP contribution >= 0.6 is 46.7 Å². The van der Waals surface area contributed by atoms with Gasteiger partial charge >= 0.3 is 0 Å². The van der Waals surface area contributed by atoms with Crippen LogP contribution in [-0.2, 0) is 9.59 Å². The minimum atomic E-state index is -0.340. The molecule has 0 aliphatic carbocycles. The zero-order chi connectivity index (χ0) is 21.7. The van der Waals surface area contributed by atoms with E-state index in [2.05, 4.69) is 16.7 Å². The lowest BCUT2D eigenvalue weighted by Gasteiger charge is -2.25. The van der Waals surface area contributed by atoms with Crippen LogP contribution in [0.4, 0.5) is 5.69 Å². The summed E-state index contributed by atoms with van der Waals surface area (Å²) in [5, 5.41) is 16.2. The molecule has 2 amide bonds. The van der Waals surface area contributed by atoms with Crippen molar-refractivity contribution in [3.63, 3.8) is 0 Å². The number of carbonyl (C=O) groups excluding carboxylic acids is 2. The Hall–Kier alpha value is -2.11. The molecule has 2 aromatic rings. The van der Waals surface area contributed by atoms with Gasteiger partial charge in [0.1, 0.15) is 0 Å². The smallest absolute Gasteiger partial charge is 0.234 e. The van der Waals surface area contributed by atoms with Crippen molar-refractivity contribution in [2.24, 2.45) is 0 Å². The average molecular weight is 478 g/mol. The van der Waals surface area contributed by atoms with Gasteiger partial charge in [-0.25, -0.2) is 0 Å². The highest BCUT2D eigenvalue weighted by Crippen LogP contribution is 2.36. The summed E-state index contributed by atoms with van der Waals surface area (Å²) in [4.78, 5) is 25.7. The van der Waals surface area contributed by atoms with E-state index in [0.717, 1.165) is 22.2 Å². The van der Waals surface area contributed by atoms with E-state index in [9.17, 15) is 14.9 Å². The van der Waals surface area contributed by atoms with E-state index in [1.54, 1.807) is 30.0 Å². The molecule has 2 N–H and O–H groups in total. The highest BCUT2D eigenvalue weighted by molar-refractivity contribution is 8.03. The average Bonchev–Trinajstić information content (AvgIpc) is 2.75. The lowest BCUT2D eigenvalue weighted by Crippen LogP contribution is -2.31. The highest BCUT2D eigenvalue weighted by atomic mass is 35.5. The van der Waals surface area contributed by atoms with Crippen molar-refractivity contribution >= 4 is 64.2 Å². The summed E-state index contributed by atoms with van der Waals surface area (Å²) in [5.41, 5.74) is 1.75. The number of anilines is 1. The first-order valence-corrected chi connectivity index (χ1v) is 11.8. The number of nitrogens with one attached hydrogen (secondary N) is 2. The molecule has 1 heterocycles. The van der Waals surface area contributed by atoms with Crippen LogP contribution in [0.1, 0.15) is 17.9 Å². The van der Waals surface area contributed by atoms with Gasteiger partial charge in [0.05, 0.1) is 38.2 Å². The van der Waals surface area contributed by atoms with Gasteiger partial charge in [0.2, 0.25) is 11.8 Å². The number of halogens is 2. The van der Waals surface area contributed by atoms with Gasteiger partial charge in [-0.15, -0.1) is 11.8 Å². The Labute approximate surface area is 193 Å². The third kappa shape index (κ3) is 5.32. The fourth-order valence-electron chi connectivity index (χ4n) is 2.98. The SMILES string of the molecule is CSc1ccc([C@H]2CC(=O)NC(SCC(=O)Nc3cccc(Cl)c3Cl)=C2C#N)cc1. The summed E-state index contributed by atoms with van der Waals surface area (Å²) >= 11 is 14.8. The van der Waals surface area contributed by atoms with Crippen LogP contribution in [0.25, 0.3) is 0 Å². The maximum absolute atomic E-state index is 12.4. The van der Waals surface area contributed by atoms with E-state index >= 15 is 0 Å². The van der Waals surface area contributed by atoms with Gasteiger partial charge in [-0.2, -0.15) is 5.26 Å². The Morgan fingerprint density at radius 3 is 2.67 bits per heavy atom. The van der Waals surface area contributed by atoms with E-state index in [4.69, 9.17) is 23.2 Å². The maximum Gasteiger partial charge on any atom is 0.234 e. The Morgan fingerprint density at radius 2 is 2.00 bits per heavy atom. The summed E-state index contributed by atoms with van der Waals surface area (Å²) in [6.45, 7) is 0. The van der Waals surface area contributed by atoms with Gasteiger partial charge in [-0.1, -0.05) is 53.2 Å². The second-order valence-electron chi connectivity index (χ2n) is 6.37. The predicted octanol–water partition coefficient (Wildman–Crippen LogP) is 5.43. The highest BCUT2D eigenvalue weighted by Gasteiger charge is 2.29. The molecule has 0 unspecified atom stereocenters. The van der Waals surface area contributed by atoms with Gasteiger partial charge in [0.15, 0.2) is 0 Å². The van der Waals surface area contributed by atoms with Crippen LogP contribution < -0.4 is 10.6 Å². The van der Waals surface area contributed by atoms with Crippen LogP contribution in [0.2, 0.25) is 10.0 Å². The van der Waals surface area contributed by atoms with Crippen LogP contribution in [-0.4, -0.2) is 23.8 Å². The summed E-state index contributed by atoms with van der Waals surface area (Å²) in [7, 11) is 0. The fourth-order valence-corrected chi connectivity index (χ4v) is 4.61. The third-order valence-electron chi connectivity index (χ3n) is 4.45. The quantitative estimate of drug-likeness (QED) is 0.542. The largest absolute Gasteiger partial charge is 0.324 e. The Bertz CT molecular complexity index is 1050. The molecule has 2 aromatic carbocycles. The van der Waals surface area contributed by atoms with Crippen LogP contribution in [0.5, 0.6) is 0 Å². The molecule has 0 bridgehead atoms. The summed E-state index contributed by atoms with van der Waals surface area (Å²) < 4.78 is 0. The Morgan fingerprint density at radius 1 is 1.27 bits per heavy atom. The van der Waals surface area contributed by atoms with Crippen molar-refractivity contribution in [2.45, 2.75) is 17.2 Å². The van der Waals surface area contributed by atoms with Crippen molar-refractivity contribution in [1.29, 1.82) is 5.26 Å². The summed E-state index contributed by atoms with van der Waals surface area (Å²) in [6, 6.07) is 15.0. The number of carbonyl (C=O) groups is 2. The van der Waals surface area contributed by atoms with Crippen LogP contribution in [0.3, 0.4) is 0 Å². The van der Waals surface area contributed by atoms with Gasteiger partial charge in [-0.3, -0.25) is 9.59 Å². The molecule has 0 spiro atoms. The second kappa shape index (κ2) is 10.3. The Kier molecular flexibility index (Phi) is 7.73. The fraction of sp³-hybridized carbons (Fsp3) is 0.190. The molecule has 0 aromatic heterocycles. The number of hydrogen-bond donors (Lipinski definition) is 2. The van der Waals surface area contributed by atoms with Gasteiger partial charge in [0, 0.05) is 17.2 Å². The van der Waals surface area contributed by atoms with Crippen molar-refractivity contribution in [1.82, 2.24) is 5.32 Å². The first kappa shape index (κ1) is 22.6. The number of nitrogens with zero attached hydrogens (tertiary/aromatic N) is 1. The van der Waals surface area contributed by atoms with E-state index in [1.807, 2.05) is 30.5 Å². The third-order valence-corrected chi connectivity index (χ3v) is 7.03. The van der Waals surface area contributed by atoms with Crippen molar-refractivity contribution in [3.05, 3.63) is 68.7 Å². The lowest BCUT2D eigenvalue weighted by molar-refractivity contribution is -0.121. The van der Waals surface area contributed by atoms with Crippen molar-refractivity contribution < 1.29 is 9.59 Å². The number of amides is 2. The molecule has 0 saturated heterocycles. The normalized spacial score (nSPS) is 16.1. The summed E-state index contributed by atoms with van der Waals surface area (Å²) in [5.74, 6) is -0.849. The molecule has 30 heavy (non-hydrogen) atoms. The molecule has 0 radical (unpaired) electrons. The van der Waals surface area contributed by atoms with E-state index in [0.29, 0.717) is 21.3 Å². The van der Waals surface area contributed by atoms with Gasteiger partial charge in [0.25, 0.3) is 0 Å². The predicted molar refractivity (Wildman–Crippen MR) is 124 cm³/mol. The molecule has 0 saturated carbocycles. The standard InChI is InChI=1S/C21H17Cl2N3O2S2/c1-29-13-7-5-12(6-8-13)14-9-18(27)26-21(15(14)10-24)30-11-19(28)25-17-4-2-3-16(22)20(17)23/h2-8,14H,9,11H2,1H3,(H,25,28)(H,26,27)/t14-/m1/s1. The molecule has 154 valence electrons. The second-order valence-corrected chi connectivity index (χ2v) is 9.02. The zero-order valence-electron chi connectivity index (χ0n) is 15.9. The maximum atomic E-state index is 12.4. The van der Waals surface area contributed by atoms with E-state index < -0.39 is 0 Å². The molecular formula is C21H17Cl2N3O2S2. The number of thioether (sulfide) groups is 2. The minimum Gasteiger partial charge on any atom is -0.324 e. The van der Waals surface area contributed by atoms with Crippen LogP contribution in [0, 0.1) is 11.3 Å². The number of nitriles is 1. The molecule has 3 rings (SSSR count). The number of hydrogen-bond acceptors (Lipinski definition) is 5. The van der Waals surface area contributed by atoms with Gasteiger partial charge < -0.3 is 10.6 Å². The number of benzene rings is 2. The molecule has 9 heteroatoms. The molecule has 1 aliphatic rings. The summed E-state index contributed by atoms with van der Waals surface area (Å²) in [6.07, 6.45) is 2.18. The first-order valence-electron chi connectivity index (χ1n) is 8.87. The topological polar surface area (TPSA) is 82.0 Å².